The van der Waals surface area contributed by atoms with E-state index in [-0.39, 0.29) is 35.1 Å². The van der Waals surface area contributed by atoms with Crippen LogP contribution in [0.2, 0.25) is 5.02 Å². The molecule has 156 valence electrons. The number of ether oxygens (including phenoxy) is 2. The van der Waals surface area contributed by atoms with E-state index >= 15 is 0 Å². The van der Waals surface area contributed by atoms with Crippen LogP contribution in [0.1, 0.15) is 15.9 Å². The highest BCUT2D eigenvalue weighted by Crippen LogP contribution is 2.23. The second-order valence-electron chi connectivity index (χ2n) is 6.45. The van der Waals surface area contributed by atoms with Crippen LogP contribution >= 0.6 is 11.6 Å². The van der Waals surface area contributed by atoms with Crippen LogP contribution in [0.25, 0.3) is 0 Å². The number of hydrogen-bond acceptors (Lipinski definition) is 5. The second-order valence-corrected chi connectivity index (χ2v) is 8.80. The highest BCUT2D eigenvalue weighted by molar-refractivity contribution is 7.89. The fourth-order valence-electron chi connectivity index (χ4n) is 2.87. The minimum Gasteiger partial charge on any atom is -0.379 e. The van der Waals surface area contributed by atoms with Gasteiger partial charge < -0.3 is 14.8 Å². The molecule has 2 aromatic carbocycles. The molecule has 1 N–H and O–H groups in total. The summed E-state index contributed by atoms with van der Waals surface area (Å²) in [5, 5.41) is 2.90. The topological polar surface area (TPSA) is 84.9 Å². The first-order valence-electron chi connectivity index (χ1n) is 9.26. The van der Waals surface area contributed by atoms with Gasteiger partial charge in [0.2, 0.25) is 10.0 Å². The summed E-state index contributed by atoms with van der Waals surface area (Å²) in [5.41, 5.74) is 1.16. The summed E-state index contributed by atoms with van der Waals surface area (Å²) in [4.78, 5) is 12.5. The molecule has 1 aliphatic heterocycles. The van der Waals surface area contributed by atoms with Crippen LogP contribution in [-0.4, -0.2) is 58.1 Å². The first kappa shape index (κ1) is 21.7. The number of amides is 1. The Labute approximate surface area is 175 Å². The van der Waals surface area contributed by atoms with Crippen molar-refractivity contribution in [1.82, 2.24) is 9.62 Å². The molecule has 0 spiro atoms. The second kappa shape index (κ2) is 10.2. The Morgan fingerprint density at radius 3 is 2.59 bits per heavy atom. The Morgan fingerprint density at radius 1 is 1.14 bits per heavy atom. The predicted molar refractivity (Wildman–Crippen MR) is 109 cm³/mol. The Morgan fingerprint density at radius 2 is 1.86 bits per heavy atom. The van der Waals surface area contributed by atoms with Crippen LogP contribution in [-0.2, 0) is 26.1 Å². The van der Waals surface area contributed by atoms with Crippen molar-refractivity contribution in [2.45, 2.75) is 11.5 Å². The first-order valence-corrected chi connectivity index (χ1v) is 11.1. The first-order chi connectivity index (χ1) is 14.0. The van der Waals surface area contributed by atoms with E-state index in [1.807, 2.05) is 30.3 Å². The highest BCUT2D eigenvalue weighted by atomic mass is 35.5. The molecule has 0 radical (unpaired) electrons. The normalized spacial score (nSPS) is 15.2. The molecule has 29 heavy (non-hydrogen) atoms. The van der Waals surface area contributed by atoms with Gasteiger partial charge in [-0.15, -0.1) is 0 Å². The number of nitrogens with zero attached hydrogens (tertiary/aromatic N) is 1. The number of hydrogen-bond donors (Lipinski definition) is 1. The van der Waals surface area contributed by atoms with Crippen LogP contribution in [0.4, 0.5) is 0 Å². The molecule has 9 heteroatoms. The quantitative estimate of drug-likeness (QED) is 0.639. The molecular weight excluding hydrogens is 416 g/mol. The molecule has 1 amide bonds. The lowest BCUT2D eigenvalue weighted by atomic mass is 10.2. The van der Waals surface area contributed by atoms with Gasteiger partial charge in [0.15, 0.2) is 0 Å². The maximum atomic E-state index is 12.8. The van der Waals surface area contributed by atoms with Crippen LogP contribution in [0.15, 0.2) is 53.4 Å². The molecule has 0 unspecified atom stereocenters. The summed E-state index contributed by atoms with van der Waals surface area (Å²) in [6.45, 7) is 2.32. The lowest BCUT2D eigenvalue weighted by molar-refractivity contribution is 0.0730. The molecule has 0 atom stereocenters. The summed E-state index contributed by atoms with van der Waals surface area (Å²) in [5.74, 6) is -0.447. The van der Waals surface area contributed by atoms with Crippen molar-refractivity contribution in [3.8, 4) is 0 Å². The fourth-order valence-corrected chi connectivity index (χ4v) is 4.51. The SMILES string of the molecule is O=C(NCCOCc1ccccc1)c1cc(S(=O)(=O)N2CCOCC2)ccc1Cl. The van der Waals surface area contributed by atoms with Crippen molar-refractivity contribution in [1.29, 1.82) is 0 Å². The number of morpholine rings is 1. The van der Waals surface area contributed by atoms with Gasteiger partial charge in [0, 0.05) is 19.6 Å². The number of benzene rings is 2. The van der Waals surface area contributed by atoms with Crippen LogP contribution in [0, 0.1) is 0 Å². The number of halogens is 1. The largest absolute Gasteiger partial charge is 0.379 e. The average molecular weight is 439 g/mol. The van der Waals surface area contributed by atoms with Crippen LogP contribution in [0.3, 0.4) is 0 Å². The summed E-state index contributed by atoms with van der Waals surface area (Å²) < 4.78 is 37.6. The minimum atomic E-state index is -3.70. The standard InChI is InChI=1S/C20H23ClN2O5S/c21-19-7-6-17(29(25,26)23-9-12-27-13-10-23)14-18(19)20(24)22-8-11-28-15-16-4-2-1-3-5-16/h1-7,14H,8-13,15H2,(H,22,24). The van der Waals surface area contributed by atoms with E-state index in [0.29, 0.717) is 26.4 Å². The Hall–Kier alpha value is -1.97. The summed E-state index contributed by atoms with van der Waals surface area (Å²) in [7, 11) is -3.70. The van der Waals surface area contributed by atoms with E-state index in [9.17, 15) is 13.2 Å². The zero-order valence-electron chi connectivity index (χ0n) is 15.8. The van der Waals surface area contributed by atoms with E-state index in [0.717, 1.165) is 5.56 Å². The van der Waals surface area contributed by atoms with E-state index in [2.05, 4.69) is 5.32 Å². The molecule has 0 bridgehead atoms. The number of sulfonamides is 1. The molecule has 1 heterocycles. The van der Waals surface area contributed by atoms with Crippen molar-refractivity contribution in [2.75, 3.05) is 39.5 Å². The Kier molecular flexibility index (Phi) is 7.63. The number of nitrogens with one attached hydrogen (secondary N) is 1. The van der Waals surface area contributed by atoms with Gasteiger partial charge in [-0.05, 0) is 23.8 Å². The molecule has 7 nitrogen and oxygen atoms in total. The van der Waals surface area contributed by atoms with Gasteiger partial charge in [0.1, 0.15) is 0 Å². The third kappa shape index (κ3) is 5.77. The van der Waals surface area contributed by atoms with E-state index in [4.69, 9.17) is 21.1 Å². The van der Waals surface area contributed by atoms with Crippen molar-refractivity contribution in [3.63, 3.8) is 0 Å². The fraction of sp³-hybridized carbons (Fsp3) is 0.350. The number of rotatable bonds is 8. The predicted octanol–water partition coefficient (Wildman–Crippen LogP) is 2.31. The van der Waals surface area contributed by atoms with E-state index < -0.39 is 15.9 Å². The van der Waals surface area contributed by atoms with Gasteiger partial charge in [-0.2, -0.15) is 4.31 Å². The molecule has 1 aliphatic rings. The van der Waals surface area contributed by atoms with Crippen molar-refractivity contribution in [3.05, 3.63) is 64.7 Å². The van der Waals surface area contributed by atoms with Crippen molar-refractivity contribution in [2.24, 2.45) is 0 Å². The van der Waals surface area contributed by atoms with Gasteiger partial charge in [0.05, 0.1) is 41.9 Å². The number of carbonyl (C=O) groups excluding carboxylic acids is 1. The molecular formula is C20H23ClN2O5S. The van der Waals surface area contributed by atoms with E-state index in [1.165, 1.54) is 22.5 Å². The molecule has 3 rings (SSSR count). The third-order valence-electron chi connectivity index (χ3n) is 4.43. The van der Waals surface area contributed by atoms with Gasteiger partial charge >= 0.3 is 0 Å². The monoisotopic (exact) mass is 438 g/mol. The van der Waals surface area contributed by atoms with Crippen molar-refractivity contribution >= 4 is 27.5 Å². The Balaban J connectivity index is 1.58. The summed E-state index contributed by atoms with van der Waals surface area (Å²) in [6.07, 6.45) is 0. The highest BCUT2D eigenvalue weighted by Gasteiger charge is 2.27. The maximum absolute atomic E-state index is 12.8. The summed E-state index contributed by atoms with van der Waals surface area (Å²) in [6, 6.07) is 13.9. The van der Waals surface area contributed by atoms with Crippen LogP contribution < -0.4 is 5.32 Å². The lowest BCUT2D eigenvalue weighted by Gasteiger charge is -2.26. The van der Waals surface area contributed by atoms with Gasteiger partial charge in [-0.3, -0.25) is 4.79 Å². The molecule has 1 saturated heterocycles. The lowest BCUT2D eigenvalue weighted by Crippen LogP contribution is -2.40. The molecule has 2 aromatic rings. The van der Waals surface area contributed by atoms with Gasteiger partial charge in [-0.1, -0.05) is 41.9 Å². The average Bonchev–Trinajstić information content (AvgIpc) is 2.75. The van der Waals surface area contributed by atoms with E-state index in [1.54, 1.807) is 0 Å². The molecule has 1 fully saturated rings. The third-order valence-corrected chi connectivity index (χ3v) is 6.66. The summed E-state index contributed by atoms with van der Waals surface area (Å²) >= 11 is 6.13. The minimum absolute atomic E-state index is 0.0364. The smallest absolute Gasteiger partial charge is 0.252 e. The zero-order chi connectivity index (χ0) is 20.7. The number of carbonyl (C=O) groups is 1. The van der Waals surface area contributed by atoms with Crippen LogP contribution in [0.5, 0.6) is 0 Å². The molecule has 0 saturated carbocycles. The molecule has 0 aromatic heterocycles. The molecule has 0 aliphatic carbocycles. The van der Waals surface area contributed by atoms with Crippen molar-refractivity contribution < 1.29 is 22.7 Å². The zero-order valence-corrected chi connectivity index (χ0v) is 17.4. The van der Waals surface area contributed by atoms with Gasteiger partial charge in [0.25, 0.3) is 5.91 Å². The van der Waals surface area contributed by atoms with Gasteiger partial charge in [-0.25, -0.2) is 8.42 Å². The Bertz CT molecular complexity index is 931. The maximum Gasteiger partial charge on any atom is 0.252 e.